The van der Waals surface area contributed by atoms with Gasteiger partial charge in [-0.15, -0.1) is 0 Å². The molecule has 0 spiro atoms. The highest BCUT2D eigenvalue weighted by Gasteiger charge is 2.31. The zero-order valence-corrected chi connectivity index (χ0v) is 9.35. The predicted molar refractivity (Wildman–Crippen MR) is 57.8 cm³/mol. The molecule has 0 aromatic rings. The Kier molecular flexibility index (Phi) is 5.05. The molecule has 0 amide bonds. The Labute approximate surface area is 90.9 Å². The highest BCUT2D eigenvalue weighted by Crippen LogP contribution is 2.21. The fourth-order valence-electron chi connectivity index (χ4n) is 2.33. The number of piperidine rings is 1. The number of carbonyl (C=O) groups is 1. The number of hydrogen-bond acceptors (Lipinski definition) is 3. The summed E-state index contributed by atoms with van der Waals surface area (Å²) in [6.07, 6.45) is 4.60. The van der Waals surface area contributed by atoms with Crippen LogP contribution in [0.2, 0.25) is 0 Å². The predicted octanol–water partition coefficient (Wildman–Crippen LogP) is 1.09. The van der Waals surface area contributed by atoms with Crippen molar-refractivity contribution in [3.63, 3.8) is 0 Å². The SMILES string of the molecule is CCCC(C(=O)O)N1CCCCC1CO. The second kappa shape index (κ2) is 6.08. The standard InChI is InChI=1S/C11H21NO3/c1-2-5-10(11(14)15)12-7-4-3-6-9(12)8-13/h9-10,13H,2-8H2,1H3,(H,14,15). The molecule has 1 rings (SSSR count). The van der Waals surface area contributed by atoms with Gasteiger partial charge in [-0.05, 0) is 25.8 Å². The number of nitrogens with zero attached hydrogens (tertiary/aromatic N) is 1. The Morgan fingerprint density at radius 2 is 2.27 bits per heavy atom. The summed E-state index contributed by atoms with van der Waals surface area (Å²) in [7, 11) is 0. The molecule has 2 N–H and O–H groups in total. The van der Waals surface area contributed by atoms with Crippen LogP contribution in [0.5, 0.6) is 0 Å². The van der Waals surface area contributed by atoms with Gasteiger partial charge >= 0.3 is 5.97 Å². The van der Waals surface area contributed by atoms with Crippen LogP contribution in [-0.4, -0.2) is 46.3 Å². The number of rotatable bonds is 5. The molecule has 1 saturated heterocycles. The lowest BCUT2D eigenvalue weighted by molar-refractivity contribution is -0.145. The number of carboxylic acids is 1. The van der Waals surface area contributed by atoms with Crippen LogP contribution >= 0.6 is 0 Å². The average molecular weight is 215 g/mol. The summed E-state index contributed by atoms with van der Waals surface area (Å²) < 4.78 is 0. The van der Waals surface area contributed by atoms with Gasteiger partial charge in [-0.3, -0.25) is 9.69 Å². The van der Waals surface area contributed by atoms with Gasteiger partial charge in [-0.25, -0.2) is 0 Å². The lowest BCUT2D eigenvalue weighted by Gasteiger charge is -2.38. The van der Waals surface area contributed by atoms with Crippen LogP contribution in [0.25, 0.3) is 0 Å². The first-order valence-corrected chi connectivity index (χ1v) is 5.80. The lowest BCUT2D eigenvalue weighted by Crippen LogP contribution is -2.51. The third-order valence-electron chi connectivity index (χ3n) is 3.13. The quantitative estimate of drug-likeness (QED) is 0.720. The maximum atomic E-state index is 11.1. The fraction of sp³-hybridized carbons (Fsp3) is 0.909. The van der Waals surface area contributed by atoms with Crippen molar-refractivity contribution >= 4 is 5.97 Å². The smallest absolute Gasteiger partial charge is 0.320 e. The number of aliphatic carboxylic acids is 1. The van der Waals surface area contributed by atoms with Crippen molar-refractivity contribution in [1.29, 1.82) is 0 Å². The van der Waals surface area contributed by atoms with Crippen molar-refractivity contribution in [2.75, 3.05) is 13.2 Å². The first kappa shape index (κ1) is 12.5. The molecular formula is C11H21NO3. The van der Waals surface area contributed by atoms with Crippen LogP contribution in [0.15, 0.2) is 0 Å². The van der Waals surface area contributed by atoms with Crippen molar-refractivity contribution in [3.8, 4) is 0 Å². The van der Waals surface area contributed by atoms with E-state index in [1.807, 2.05) is 11.8 Å². The number of aliphatic hydroxyl groups excluding tert-OH is 1. The number of carboxylic acid groups (broad SMARTS) is 1. The van der Waals surface area contributed by atoms with E-state index in [1.54, 1.807) is 0 Å². The van der Waals surface area contributed by atoms with E-state index in [2.05, 4.69) is 0 Å². The summed E-state index contributed by atoms with van der Waals surface area (Å²) >= 11 is 0. The molecule has 2 atom stereocenters. The molecule has 0 bridgehead atoms. The Bertz CT molecular complexity index is 208. The van der Waals surface area contributed by atoms with E-state index in [0.717, 1.165) is 32.2 Å². The van der Waals surface area contributed by atoms with Crippen LogP contribution in [0, 0.1) is 0 Å². The third kappa shape index (κ3) is 3.18. The normalized spacial score (nSPS) is 25.1. The Morgan fingerprint density at radius 3 is 2.80 bits per heavy atom. The van der Waals surface area contributed by atoms with Gasteiger partial charge in [0.15, 0.2) is 0 Å². The Morgan fingerprint density at radius 1 is 1.53 bits per heavy atom. The van der Waals surface area contributed by atoms with Crippen molar-refractivity contribution in [2.45, 2.75) is 51.1 Å². The zero-order valence-electron chi connectivity index (χ0n) is 9.35. The second-order valence-corrected chi connectivity index (χ2v) is 4.21. The molecule has 15 heavy (non-hydrogen) atoms. The minimum atomic E-state index is -0.753. The fourth-order valence-corrected chi connectivity index (χ4v) is 2.33. The molecule has 1 heterocycles. The van der Waals surface area contributed by atoms with Gasteiger partial charge in [0.1, 0.15) is 6.04 Å². The number of hydrogen-bond donors (Lipinski definition) is 2. The van der Waals surface area contributed by atoms with Crippen molar-refractivity contribution in [1.82, 2.24) is 4.90 Å². The second-order valence-electron chi connectivity index (χ2n) is 4.21. The molecule has 1 aliphatic heterocycles. The molecule has 0 aliphatic carbocycles. The highest BCUT2D eigenvalue weighted by atomic mass is 16.4. The molecule has 2 unspecified atom stereocenters. The topological polar surface area (TPSA) is 60.8 Å². The monoisotopic (exact) mass is 215 g/mol. The summed E-state index contributed by atoms with van der Waals surface area (Å²) in [5, 5.41) is 18.4. The average Bonchev–Trinajstić information content (AvgIpc) is 2.25. The third-order valence-corrected chi connectivity index (χ3v) is 3.13. The van der Waals surface area contributed by atoms with Gasteiger partial charge in [-0.1, -0.05) is 19.8 Å². The van der Waals surface area contributed by atoms with Gasteiger partial charge in [0.25, 0.3) is 0 Å². The van der Waals surface area contributed by atoms with Gasteiger partial charge < -0.3 is 10.2 Å². The minimum Gasteiger partial charge on any atom is -0.480 e. The van der Waals surface area contributed by atoms with E-state index in [9.17, 15) is 9.90 Å². The zero-order chi connectivity index (χ0) is 11.3. The highest BCUT2D eigenvalue weighted by molar-refractivity contribution is 5.73. The van der Waals surface area contributed by atoms with E-state index in [0.29, 0.717) is 6.42 Å². The van der Waals surface area contributed by atoms with Gasteiger partial charge in [0, 0.05) is 6.04 Å². The molecular weight excluding hydrogens is 194 g/mol. The van der Waals surface area contributed by atoms with Gasteiger partial charge in [-0.2, -0.15) is 0 Å². The van der Waals surface area contributed by atoms with E-state index in [4.69, 9.17) is 5.11 Å². The largest absolute Gasteiger partial charge is 0.480 e. The maximum absolute atomic E-state index is 11.1. The minimum absolute atomic E-state index is 0.0476. The van der Waals surface area contributed by atoms with Crippen LogP contribution in [-0.2, 0) is 4.79 Å². The first-order valence-electron chi connectivity index (χ1n) is 5.80. The first-order chi connectivity index (χ1) is 7.20. The Hall–Kier alpha value is -0.610. The molecule has 1 aliphatic rings. The van der Waals surface area contributed by atoms with Crippen LogP contribution in [0.3, 0.4) is 0 Å². The molecule has 88 valence electrons. The van der Waals surface area contributed by atoms with Crippen LogP contribution in [0.4, 0.5) is 0 Å². The summed E-state index contributed by atoms with van der Waals surface area (Å²) in [6, 6.07) is -0.362. The maximum Gasteiger partial charge on any atom is 0.320 e. The summed E-state index contributed by atoms with van der Waals surface area (Å²) in [5.74, 6) is -0.753. The van der Waals surface area contributed by atoms with Crippen LogP contribution in [0.1, 0.15) is 39.0 Å². The molecule has 4 nitrogen and oxygen atoms in total. The number of aliphatic hydroxyl groups is 1. The molecule has 1 fully saturated rings. The van der Waals surface area contributed by atoms with E-state index < -0.39 is 12.0 Å². The summed E-state index contributed by atoms with van der Waals surface area (Å²) in [4.78, 5) is 13.1. The molecule has 0 radical (unpaired) electrons. The summed E-state index contributed by atoms with van der Waals surface area (Å²) in [5.41, 5.74) is 0. The summed E-state index contributed by atoms with van der Waals surface area (Å²) in [6.45, 7) is 2.88. The number of likely N-dealkylation sites (tertiary alicyclic amines) is 1. The van der Waals surface area contributed by atoms with Crippen molar-refractivity contribution < 1.29 is 15.0 Å². The van der Waals surface area contributed by atoms with E-state index in [-0.39, 0.29) is 12.6 Å². The molecule has 0 aromatic carbocycles. The van der Waals surface area contributed by atoms with Gasteiger partial charge in [0.05, 0.1) is 6.61 Å². The van der Waals surface area contributed by atoms with Gasteiger partial charge in [0.2, 0.25) is 0 Å². The molecule has 0 aromatic heterocycles. The molecule has 0 saturated carbocycles. The van der Waals surface area contributed by atoms with Crippen molar-refractivity contribution in [3.05, 3.63) is 0 Å². The van der Waals surface area contributed by atoms with Crippen molar-refractivity contribution in [2.24, 2.45) is 0 Å². The lowest BCUT2D eigenvalue weighted by atomic mass is 9.98. The van der Waals surface area contributed by atoms with Crippen LogP contribution < -0.4 is 0 Å². The Balaban J connectivity index is 2.65. The van der Waals surface area contributed by atoms with E-state index in [1.165, 1.54) is 0 Å². The molecule has 4 heteroatoms. The van der Waals surface area contributed by atoms with E-state index >= 15 is 0 Å².